The number of anilines is 1. The number of ether oxygens (including phenoxy) is 1. The van der Waals surface area contributed by atoms with Crippen LogP contribution in [0.15, 0.2) is 28.8 Å². The van der Waals surface area contributed by atoms with Gasteiger partial charge in [-0.05, 0) is 17.8 Å². The molecule has 2 rings (SSSR count). The lowest BCUT2D eigenvalue weighted by atomic mass is 10.1. The zero-order chi connectivity index (χ0) is 15.9. The van der Waals surface area contributed by atoms with Crippen molar-refractivity contribution in [1.29, 1.82) is 0 Å². The zero-order valence-electron chi connectivity index (χ0n) is 13.0. The van der Waals surface area contributed by atoms with Crippen LogP contribution in [0, 0.1) is 0 Å². The molecule has 2 N–H and O–H groups in total. The number of carbonyl (C=O) groups is 1. The molecule has 1 heterocycles. The summed E-state index contributed by atoms with van der Waals surface area (Å²) in [5, 5.41) is 9.70. The average molecular weight is 305 g/mol. The van der Waals surface area contributed by atoms with Gasteiger partial charge in [0.05, 0.1) is 13.7 Å². The smallest absolute Gasteiger partial charge is 0.306 e. The lowest BCUT2D eigenvalue weighted by molar-refractivity contribution is -0.767. The van der Waals surface area contributed by atoms with Gasteiger partial charge in [-0.1, -0.05) is 18.2 Å². The van der Waals surface area contributed by atoms with E-state index in [1.54, 1.807) is 11.8 Å². The molecule has 0 aliphatic heterocycles. The number of methoxy groups -OCH3 is 1. The predicted octanol–water partition coefficient (Wildman–Crippen LogP) is 0.891. The number of benzene rings is 1. The first-order chi connectivity index (χ1) is 10.7. The van der Waals surface area contributed by atoms with Crippen molar-refractivity contribution in [3.05, 3.63) is 35.5 Å². The SMILES string of the molecule is CNCc1c(NC(C)=O)on[n+]1CCc1ccccc1OC. The van der Waals surface area contributed by atoms with Crippen LogP contribution >= 0.6 is 0 Å². The topological polar surface area (TPSA) is 80.3 Å². The van der Waals surface area contributed by atoms with Crippen LogP contribution in [0.4, 0.5) is 5.88 Å². The molecule has 0 radical (unpaired) electrons. The number of hydrogen-bond acceptors (Lipinski definition) is 5. The minimum absolute atomic E-state index is 0.189. The second kappa shape index (κ2) is 7.56. The number of amides is 1. The molecule has 118 valence electrons. The fourth-order valence-corrected chi connectivity index (χ4v) is 2.21. The first-order valence-electron chi connectivity index (χ1n) is 7.08. The highest BCUT2D eigenvalue weighted by atomic mass is 16.5. The molecule has 0 spiro atoms. The van der Waals surface area contributed by atoms with E-state index in [1.807, 2.05) is 31.3 Å². The number of carbonyl (C=O) groups excluding carboxylic acids is 1. The number of nitrogens with one attached hydrogen (secondary N) is 2. The van der Waals surface area contributed by atoms with Gasteiger partial charge in [0.15, 0.2) is 6.54 Å². The maximum Gasteiger partial charge on any atom is 0.306 e. The third kappa shape index (κ3) is 3.82. The molecular weight excluding hydrogens is 284 g/mol. The highest BCUT2D eigenvalue weighted by Crippen LogP contribution is 2.18. The Morgan fingerprint density at radius 3 is 2.86 bits per heavy atom. The minimum atomic E-state index is -0.189. The van der Waals surface area contributed by atoms with Crippen molar-refractivity contribution in [3.63, 3.8) is 0 Å². The van der Waals surface area contributed by atoms with E-state index in [1.165, 1.54) is 6.92 Å². The van der Waals surface area contributed by atoms with Gasteiger partial charge in [0, 0.05) is 18.9 Å². The van der Waals surface area contributed by atoms with E-state index in [-0.39, 0.29) is 5.91 Å². The molecule has 1 amide bonds. The van der Waals surface area contributed by atoms with Gasteiger partial charge in [-0.3, -0.25) is 14.6 Å². The molecule has 7 heteroatoms. The van der Waals surface area contributed by atoms with E-state index >= 15 is 0 Å². The van der Waals surface area contributed by atoms with Gasteiger partial charge in [-0.15, -0.1) is 0 Å². The molecule has 22 heavy (non-hydrogen) atoms. The van der Waals surface area contributed by atoms with Gasteiger partial charge < -0.3 is 10.1 Å². The molecule has 2 aromatic rings. The van der Waals surface area contributed by atoms with Crippen LogP contribution in [-0.4, -0.2) is 25.3 Å². The van der Waals surface area contributed by atoms with Crippen molar-refractivity contribution in [2.45, 2.75) is 26.4 Å². The van der Waals surface area contributed by atoms with Gasteiger partial charge in [-0.25, -0.2) is 0 Å². The Morgan fingerprint density at radius 1 is 1.41 bits per heavy atom. The van der Waals surface area contributed by atoms with Crippen molar-refractivity contribution in [2.75, 3.05) is 19.5 Å². The van der Waals surface area contributed by atoms with Crippen LogP contribution in [0.1, 0.15) is 18.2 Å². The molecule has 0 fully saturated rings. The summed E-state index contributed by atoms with van der Waals surface area (Å²) < 4.78 is 12.3. The van der Waals surface area contributed by atoms with E-state index < -0.39 is 0 Å². The first-order valence-corrected chi connectivity index (χ1v) is 7.08. The number of aryl methyl sites for hydroxylation is 2. The molecule has 0 unspecified atom stereocenters. The maximum atomic E-state index is 11.2. The van der Waals surface area contributed by atoms with Crippen LogP contribution in [-0.2, 0) is 24.3 Å². The van der Waals surface area contributed by atoms with Crippen molar-refractivity contribution in [2.24, 2.45) is 0 Å². The monoisotopic (exact) mass is 305 g/mol. The Bertz CT molecular complexity index is 639. The Balaban J connectivity index is 2.15. The van der Waals surface area contributed by atoms with Gasteiger partial charge in [-0.2, -0.15) is 0 Å². The number of nitrogens with zero attached hydrogens (tertiary/aromatic N) is 2. The maximum absolute atomic E-state index is 11.2. The summed E-state index contributed by atoms with van der Waals surface area (Å²) in [6, 6.07) is 7.86. The highest BCUT2D eigenvalue weighted by Gasteiger charge is 2.24. The molecule has 0 atom stereocenters. The largest absolute Gasteiger partial charge is 0.496 e. The fourth-order valence-electron chi connectivity index (χ4n) is 2.21. The van der Waals surface area contributed by atoms with Crippen molar-refractivity contribution >= 4 is 11.8 Å². The molecule has 0 aliphatic rings. The molecule has 1 aromatic heterocycles. The second-order valence-electron chi connectivity index (χ2n) is 4.85. The van der Waals surface area contributed by atoms with Crippen LogP contribution in [0.25, 0.3) is 0 Å². The molecule has 0 bridgehead atoms. The number of para-hydroxylation sites is 1. The Labute approximate surface area is 129 Å². The minimum Gasteiger partial charge on any atom is -0.496 e. The van der Waals surface area contributed by atoms with Crippen LogP contribution in [0.5, 0.6) is 5.75 Å². The third-order valence-corrected chi connectivity index (χ3v) is 3.22. The standard InChI is InChI=1S/C15H20N4O3/c1-11(20)17-15-13(10-16-2)19(18-22-15)9-8-12-6-4-5-7-14(12)21-3/h4-7,16H,8-10H2,1-3H3/p+1. The molecule has 0 aliphatic carbocycles. The lowest BCUT2D eigenvalue weighted by Gasteiger charge is -2.05. The lowest BCUT2D eigenvalue weighted by Crippen LogP contribution is -2.42. The number of hydrogen-bond donors (Lipinski definition) is 2. The highest BCUT2D eigenvalue weighted by molar-refractivity contribution is 5.87. The summed E-state index contributed by atoms with van der Waals surface area (Å²) >= 11 is 0. The van der Waals surface area contributed by atoms with Crippen molar-refractivity contribution in [1.82, 2.24) is 10.6 Å². The van der Waals surface area contributed by atoms with E-state index in [4.69, 9.17) is 9.26 Å². The summed E-state index contributed by atoms with van der Waals surface area (Å²) in [5.74, 6) is 1.04. The quantitative estimate of drug-likeness (QED) is 0.743. The van der Waals surface area contributed by atoms with E-state index in [0.717, 1.165) is 23.4 Å². The fraction of sp³-hybridized carbons (Fsp3) is 0.400. The molecule has 0 saturated carbocycles. The second-order valence-corrected chi connectivity index (χ2v) is 4.85. The Morgan fingerprint density at radius 2 is 2.18 bits per heavy atom. The summed E-state index contributed by atoms with van der Waals surface area (Å²) in [5.41, 5.74) is 1.89. The summed E-state index contributed by atoms with van der Waals surface area (Å²) in [6.45, 7) is 2.61. The van der Waals surface area contributed by atoms with Crippen molar-refractivity contribution < 1.29 is 18.7 Å². The van der Waals surface area contributed by atoms with Gasteiger partial charge in [0.25, 0.3) is 5.69 Å². The summed E-state index contributed by atoms with van der Waals surface area (Å²) in [4.78, 5) is 11.2. The normalized spacial score (nSPS) is 10.5. The summed E-state index contributed by atoms with van der Waals surface area (Å²) in [6.07, 6.45) is 0.747. The predicted molar refractivity (Wildman–Crippen MR) is 80.5 cm³/mol. The zero-order valence-corrected chi connectivity index (χ0v) is 13.0. The van der Waals surface area contributed by atoms with Crippen LogP contribution < -0.4 is 20.1 Å². The number of rotatable bonds is 7. The van der Waals surface area contributed by atoms with E-state index in [0.29, 0.717) is 19.0 Å². The Hall–Kier alpha value is -2.41. The van der Waals surface area contributed by atoms with Crippen LogP contribution in [0.2, 0.25) is 0 Å². The van der Waals surface area contributed by atoms with Gasteiger partial charge in [0.2, 0.25) is 11.2 Å². The van der Waals surface area contributed by atoms with E-state index in [2.05, 4.69) is 15.9 Å². The van der Waals surface area contributed by atoms with Crippen molar-refractivity contribution in [3.8, 4) is 5.75 Å². The first kappa shape index (κ1) is 16.0. The van der Waals surface area contributed by atoms with Gasteiger partial charge in [0.1, 0.15) is 5.75 Å². The average Bonchev–Trinajstić information content (AvgIpc) is 2.87. The summed E-state index contributed by atoms with van der Waals surface area (Å²) in [7, 11) is 3.48. The molecule has 0 saturated heterocycles. The van der Waals surface area contributed by atoms with E-state index in [9.17, 15) is 4.79 Å². The number of aromatic nitrogens is 2. The van der Waals surface area contributed by atoms with Gasteiger partial charge >= 0.3 is 5.88 Å². The molecule has 7 nitrogen and oxygen atoms in total. The van der Waals surface area contributed by atoms with Crippen LogP contribution in [0.3, 0.4) is 0 Å². The molecule has 1 aromatic carbocycles. The third-order valence-electron chi connectivity index (χ3n) is 3.22. The molecular formula is C15H21N4O3+. The Kier molecular flexibility index (Phi) is 5.48.